The zero-order valence-electron chi connectivity index (χ0n) is 3.57. The normalized spacial score (nSPS) is 2.00. The van der Waals surface area contributed by atoms with Crippen LogP contribution in [0.25, 0.3) is 0 Å². The Morgan fingerprint density at radius 1 is 1.40 bits per heavy atom. The molecule has 0 aromatic heterocycles. The second kappa shape index (κ2) is 100. The van der Waals surface area contributed by atoms with Gasteiger partial charge in [0.15, 0.2) is 0 Å². The first-order valence-corrected chi connectivity index (χ1v) is 1.12. The van der Waals surface area contributed by atoms with E-state index in [4.69, 9.17) is 0 Å². The van der Waals surface area contributed by atoms with E-state index < -0.39 is 0 Å². The SMILES string of the molecule is [CH-]=C.[CH2-]C.[Y+3]. The van der Waals surface area contributed by atoms with Crippen LogP contribution in [0.1, 0.15) is 6.92 Å². The van der Waals surface area contributed by atoms with Gasteiger partial charge in [0.05, 0.1) is 0 Å². The van der Waals surface area contributed by atoms with E-state index in [-0.39, 0.29) is 32.7 Å². The van der Waals surface area contributed by atoms with Gasteiger partial charge in [-0.1, -0.05) is 0 Å². The van der Waals surface area contributed by atoms with Crippen LogP contribution in [-0.4, -0.2) is 0 Å². The van der Waals surface area contributed by atoms with E-state index in [9.17, 15) is 0 Å². The fourth-order valence-electron chi connectivity index (χ4n) is 0. The minimum absolute atomic E-state index is 0. The molecule has 0 aliphatic rings. The first kappa shape index (κ1) is 17.0. The van der Waals surface area contributed by atoms with Crippen LogP contribution in [0.5, 0.6) is 0 Å². The van der Waals surface area contributed by atoms with Crippen molar-refractivity contribution in [1.29, 1.82) is 0 Å². The van der Waals surface area contributed by atoms with Gasteiger partial charge in [0.1, 0.15) is 0 Å². The predicted octanol–water partition coefficient (Wildman–Crippen LogP) is 1.44. The Bertz CT molecular complexity index is 3.61. The van der Waals surface area contributed by atoms with Crippen molar-refractivity contribution < 1.29 is 32.7 Å². The van der Waals surface area contributed by atoms with Crippen LogP contribution in [0.3, 0.4) is 0 Å². The number of hydrogen-bond donors (Lipinski definition) is 0. The summed E-state index contributed by atoms with van der Waals surface area (Å²) < 4.78 is 0. The maximum atomic E-state index is 4.25. The molecule has 0 aliphatic heterocycles. The van der Waals surface area contributed by atoms with Crippen LogP contribution < -0.4 is 0 Å². The monoisotopic (exact) mass is 145 g/mol. The molecule has 0 N–H and O–H groups in total. The third-order valence-electron chi connectivity index (χ3n) is 0. The molecule has 1 heteroatoms. The molecule has 0 aromatic rings. The van der Waals surface area contributed by atoms with Gasteiger partial charge in [0.25, 0.3) is 0 Å². The van der Waals surface area contributed by atoms with E-state index >= 15 is 0 Å². The Hall–Kier alpha value is 0.844. The molecule has 0 unspecified atom stereocenters. The number of hydrogen-bond acceptors (Lipinski definition) is 0. The standard InChI is InChI=1S/C2H5.C2H3.Y/c2*1-2;/h1H2,2H3;1H,2H2;/q2*-1;+3. The van der Waals surface area contributed by atoms with Crippen LogP contribution >= 0.6 is 0 Å². The van der Waals surface area contributed by atoms with E-state index in [1.54, 1.807) is 6.92 Å². The topological polar surface area (TPSA) is 0 Å². The molecule has 0 nitrogen and oxygen atoms in total. The molecule has 0 aromatic carbocycles. The summed E-state index contributed by atoms with van der Waals surface area (Å²) in [7, 11) is 0. The third kappa shape index (κ3) is 55.0. The summed E-state index contributed by atoms with van der Waals surface area (Å²) in [6.07, 6.45) is 0. The first-order valence-electron chi connectivity index (χ1n) is 1.12. The Kier molecular flexibility index (Phi) is 341. The third-order valence-corrected chi connectivity index (χ3v) is 0. The van der Waals surface area contributed by atoms with E-state index in [0.717, 1.165) is 0 Å². The van der Waals surface area contributed by atoms with E-state index in [1.165, 1.54) is 0 Å². The van der Waals surface area contributed by atoms with E-state index in [2.05, 4.69) is 20.1 Å². The van der Waals surface area contributed by atoms with Crippen LogP contribution in [0.2, 0.25) is 0 Å². The molecule has 0 atom stereocenters. The Labute approximate surface area is 59.5 Å². The molecule has 0 rings (SSSR count). The second-order valence-electron chi connectivity index (χ2n) is 0. The summed E-state index contributed by atoms with van der Waals surface area (Å²) in [5.74, 6) is 0. The zero-order valence-corrected chi connectivity index (χ0v) is 6.41. The summed E-state index contributed by atoms with van der Waals surface area (Å²) in [5.41, 5.74) is 0. The quantitative estimate of drug-likeness (QED) is 0.452. The van der Waals surface area contributed by atoms with Crippen molar-refractivity contribution in [3.63, 3.8) is 0 Å². The minimum Gasteiger partial charge on any atom is -0.521 e. The molecule has 0 saturated carbocycles. The Morgan fingerprint density at radius 3 is 1.40 bits per heavy atom. The molecule has 0 bridgehead atoms. The van der Waals surface area contributed by atoms with Crippen molar-refractivity contribution in [1.82, 2.24) is 0 Å². The fraction of sp³-hybridized carbons (Fsp3) is 0.250. The molecule has 5 heavy (non-hydrogen) atoms. The Morgan fingerprint density at radius 2 is 1.40 bits per heavy atom. The summed E-state index contributed by atoms with van der Waals surface area (Å²) in [4.78, 5) is 0. The zero-order chi connectivity index (χ0) is 4.00. The number of rotatable bonds is 0. The van der Waals surface area contributed by atoms with Crippen molar-refractivity contribution in [2.24, 2.45) is 0 Å². The van der Waals surface area contributed by atoms with Crippen molar-refractivity contribution in [3.8, 4) is 0 Å². The van der Waals surface area contributed by atoms with Crippen LogP contribution in [0.4, 0.5) is 0 Å². The molecule has 0 fully saturated rings. The molecule has 0 aliphatic carbocycles. The van der Waals surface area contributed by atoms with Gasteiger partial charge >= 0.3 is 32.7 Å². The molecular formula is C4H8Y+. The van der Waals surface area contributed by atoms with E-state index in [1.807, 2.05) is 0 Å². The van der Waals surface area contributed by atoms with E-state index in [0.29, 0.717) is 0 Å². The maximum Gasteiger partial charge on any atom is 3.00 e. The fourth-order valence-corrected chi connectivity index (χ4v) is 0. The van der Waals surface area contributed by atoms with Crippen molar-refractivity contribution in [2.45, 2.75) is 6.92 Å². The van der Waals surface area contributed by atoms with Crippen LogP contribution in [0, 0.1) is 13.5 Å². The summed E-state index contributed by atoms with van der Waals surface area (Å²) >= 11 is 0. The predicted molar refractivity (Wildman–Crippen MR) is 21.0 cm³/mol. The molecule has 0 radical (unpaired) electrons. The van der Waals surface area contributed by atoms with Gasteiger partial charge in [-0.3, -0.25) is 6.58 Å². The molecule has 0 saturated heterocycles. The van der Waals surface area contributed by atoms with Gasteiger partial charge in [-0.2, -0.15) is 6.92 Å². The van der Waals surface area contributed by atoms with Crippen molar-refractivity contribution in [2.75, 3.05) is 0 Å². The first-order chi connectivity index (χ1) is 2.00. The largest absolute Gasteiger partial charge is 3.00 e. The summed E-state index contributed by atoms with van der Waals surface area (Å²) in [6, 6.07) is 0. The van der Waals surface area contributed by atoms with Crippen molar-refractivity contribution in [3.05, 3.63) is 20.1 Å². The van der Waals surface area contributed by atoms with Gasteiger partial charge < -0.3 is 13.5 Å². The van der Waals surface area contributed by atoms with Gasteiger partial charge in [-0.25, -0.2) is 0 Å². The minimum atomic E-state index is 0. The molecule has 0 amide bonds. The average molecular weight is 145 g/mol. The summed E-state index contributed by atoms with van der Waals surface area (Å²) in [5, 5.41) is 0. The van der Waals surface area contributed by atoms with Gasteiger partial charge in [-0.15, -0.1) is 0 Å². The summed E-state index contributed by atoms with van der Waals surface area (Å²) in [6.45, 7) is 12.0. The van der Waals surface area contributed by atoms with Crippen LogP contribution in [-0.2, 0) is 32.7 Å². The molecule has 26 valence electrons. The molecule has 0 spiro atoms. The van der Waals surface area contributed by atoms with Crippen molar-refractivity contribution >= 4 is 0 Å². The van der Waals surface area contributed by atoms with Crippen LogP contribution in [0.15, 0.2) is 6.58 Å². The average Bonchev–Trinajstić information content (AvgIpc) is 1.50. The molecular weight excluding hydrogens is 137 g/mol. The second-order valence-corrected chi connectivity index (χ2v) is 0. The smallest absolute Gasteiger partial charge is 0.521 e. The molecule has 0 heterocycles. The van der Waals surface area contributed by atoms with Gasteiger partial charge in [0, 0.05) is 0 Å². The van der Waals surface area contributed by atoms with Gasteiger partial charge in [0.2, 0.25) is 0 Å². The van der Waals surface area contributed by atoms with Gasteiger partial charge in [-0.05, 0) is 0 Å². The Balaban J connectivity index is -0.0000000133. The maximum absolute atomic E-state index is 4.25.